The average Bonchev–Trinajstić information content (AvgIpc) is 2.69. The lowest BCUT2D eigenvalue weighted by molar-refractivity contribution is -0.141. The predicted octanol–water partition coefficient (Wildman–Crippen LogP) is 1.07. The van der Waals surface area contributed by atoms with E-state index in [9.17, 15) is 9.59 Å². The van der Waals surface area contributed by atoms with Gasteiger partial charge in [0.05, 0.1) is 17.7 Å². The maximum atomic E-state index is 11.6. The fourth-order valence-electron chi connectivity index (χ4n) is 1.12. The highest BCUT2D eigenvalue weighted by Crippen LogP contribution is 2.11. The van der Waals surface area contributed by atoms with Crippen LogP contribution < -0.4 is 5.32 Å². The molecular formula is C10H15N3O3S. The monoisotopic (exact) mass is 257 g/mol. The van der Waals surface area contributed by atoms with Gasteiger partial charge in [0.15, 0.2) is 0 Å². The highest BCUT2D eigenvalue weighted by Gasteiger charge is 2.21. The van der Waals surface area contributed by atoms with Crippen LogP contribution in [0.3, 0.4) is 0 Å². The summed E-state index contributed by atoms with van der Waals surface area (Å²) in [4.78, 5) is 28.5. The number of nitrogens with one attached hydrogen (secondary N) is 1. The van der Waals surface area contributed by atoms with Crippen molar-refractivity contribution < 1.29 is 14.7 Å². The van der Waals surface area contributed by atoms with Gasteiger partial charge >= 0.3 is 12.0 Å². The van der Waals surface area contributed by atoms with E-state index in [-0.39, 0.29) is 0 Å². The normalized spacial score (nSPS) is 11.9. The van der Waals surface area contributed by atoms with Crippen molar-refractivity contribution in [2.45, 2.75) is 26.4 Å². The number of aliphatic carboxylic acids is 1. The molecule has 0 saturated carbocycles. The largest absolute Gasteiger partial charge is 0.480 e. The molecule has 7 heteroatoms. The number of carbonyl (C=O) groups is 2. The molecule has 0 radical (unpaired) electrons. The number of aromatic nitrogens is 1. The first-order valence-electron chi connectivity index (χ1n) is 5.06. The van der Waals surface area contributed by atoms with E-state index in [4.69, 9.17) is 5.11 Å². The smallest absolute Gasteiger partial charge is 0.326 e. The lowest BCUT2D eigenvalue weighted by Gasteiger charge is -2.21. The average molecular weight is 257 g/mol. The molecule has 0 bridgehead atoms. The van der Waals surface area contributed by atoms with Crippen LogP contribution >= 0.6 is 11.3 Å². The molecule has 0 aliphatic carbocycles. The van der Waals surface area contributed by atoms with Crippen molar-refractivity contribution in [1.82, 2.24) is 15.2 Å². The molecule has 1 aromatic heterocycles. The Kier molecular flexibility index (Phi) is 4.45. The maximum Gasteiger partial charge on any atom is 0.326 e. The van der Waals surface area contributed by atoms with E-state index in [0.717, 1.165) is 15.5 Å². The second kappa shape index (κ2) is 5.62. The van der Waals surface area contributed by atoms with Gasteiger partial charge in [-0.2, -0.15) is 0 Å². The first-order valence-corrected chi connectivity index (χ1v) is 5.94. The molecule has 1 unspecified atom stereocenters. The quantitative estimate of drug-likeness (QED) is 0.845. The van der Waals surface area contributed by atoms with Crippen molar-refractivity contribution in [3.63, 3.8) is 0 Å². The number of urea groups is 1. The number of carboxylic acids is 1. The van der Waals surface area contributed by atoms with Crippen molar-refractivity contribution in [3.05, 3.63) is 16.1 Å². The summed E-state index contributed by atoms with van der Waals surface area (Å²) in [7, 11) is 1.45. The van der Waals surface area contributed by atoms with E-state index < -0.39 is 18.0 Å². The second-order valence-corrected chi connectivity index (χ2v) is 4.58. The number of nitrogens with zero attached hydrogens (tertiary/aromatic N) is 2. The van der Waals surface area contributed by atoms with Gasteiger partial charge in [-0.05, 0) is 13.8 Å². The van der Waals surface area contributed by atoms with Gasteiger partial charge in [-0.1, -0.05) is 0 Å². The predicted molar refractivity (Wildman–Crippen MR) is 63.9 cm³/mol. The van der Waals surface area contributed by atoms with Gasteiger partial charge < -0.3 is 15.3 Å². The maximum absolute atomic E-state index is 11.6. The summed E-state index contributed by atoms with van der Waals surface area (Å²) in [6.07, 6.45) is 0. The first kappa shape index (κ1) is 13.4. The molecule has 0 fully saturated rings. The number of hydrogen-bond acceptors (Lipinski definition) is 4. The Morgan fingerprint density at radius 2 is 2.29 bits per heavy atom. The van der Waals surface area contributed by atoms with Gasteiger partial charge in [0.2, 0.25) is 0 Å². The molecule has 0 aliphatic heterocycles. The summed E-state index contributed by atoms with van der Waals surface area (Å²) < 4.78 is 0. The number of likely N-dealkylation sites (N-methyl/N-ethyl adjacent to an activating group) is 1. The Labute approximate surface area is 103 Å². The van der Waals surface area contributed by atoms with Crippen LogP contribution in [-0.2, 0) is 11.3 Å². The third kappa shape index (κ3) is 3.42. The molecule has 0 aromatic carbocycles. The summed E-state index contributed by atoms with van der Waals surface area (Å²) >= 11 is 1.46. The number of carbonyl (C=O) groups excluding carboxylic acids is 1. The lowest BCUT2D eigenvalue weighted by Crippen LogP contribution is -2.45. The van der Waals surface area contributed by atoms with Crippen LogP contribution in [0.2, 0.25) is 0 Å². The van der Waals surface area contributed by atoms with Crippen LogP contribution in [0, 0.1) is 6.92 Å². The minimum Gasteiger partial charge on any atom is -0.480 e. The third-order valence-electron chi connectivity index (χ3n) is 2.50. The molecule has 2 N–H and O–H groups in total. The number of aryl methyl sites for hydroxylation is 1. The summed E-state index contributed by atoms with van der Waals surface area (Å²) in [6.45, 7) is 3.69. The zero-order chi connectivity index (χ0) is 13.0. The number of hydrogen-bond donors (Lipinski definition) is 2. The van der Waals surface area contributed by atoms with Crippen molar-refractivity contribution >= 4 is 23.3 Å². The molecule has 17 heavy (non-hydrogen) atoms. The van der Waals surface area contributed by atoms with Crippen LogP contribution in [0.1, 0.15) is 17.5 Å². The Morgan fingerprint density at radius 1 is 1.65 bits per heavy atom. The first-order chi connectivity index (χ1) is 7.93. The standard InChI is InChI=1S/C10H15N3O3S/c1-6-8(17-5-12-6)4-11-10(16)13(3)7(2)9(14)15/h5,7H,4H2,1-3H3,(H,11,16)(H,14,15). The van der Waals surface area contributed by atoms with Crippen LogP contribution in [0.25, 0.3) is 0 Å². The highest BCUT2D eigenvalue weighted by atomic mass is 32.1. The second-order valence-electron chi connectivity index (χ2n) is 3.64. The fourth-order valence-corrected chi connectivity index (χ4v) is 1.83. The Hall–Kier alpha value is -1.63. The van der Waals surface area contributed by atoms with Crippen LogP contribution in [-0.4, -0.2) is 40.1 Å². The van der Waals surface area contributed by atoms with E-state index in [0.29, 0.717) is 6.54 Å². The molecule has 1 rings (SSSR count). The van der Waals surface area contributed by atoms with Gasteiger partial charge in [-0.3, -0.25) is 0 Å². The SMILES string of the molecule is Cc1ncsc1CNC(=O)N(C)C(C)C(=O)O. The van der Waals surface area contributed by atoms with Crippen LogP contribution in [0.5, 0.6) is 0 Å². The fraction of sp³-hybridized carbons (Fsp3) is 0.500. The van der Waals surface area contributed by atoms with Gasteiger partial charge in [-0.25, -0.2) is 14.6 Å². The Balaban J connectivity index is 2.50. The lowest BCUT2D eigenvalue weighted by atomic mass is 10.3. The molecule has 1 atom stereocenters. The molecule has 0 saturated heterocycles. The van der Waals surface area contributed by atoms with Crippen molar-refractivity contribution in [2.24, 2.45) is 0 Å². The molecule has 2 amide bonds. The zero-order valence-electron chi connectivity index (χ0n) is 9.93. The highest BCUT2D eigenvalue weighted by molar-refractivity contribution is 7.09. The molecule has 6 nitrogen and oxygen atoms in total. The third-order valence-corrected chi connectivity index (χ3v) is 3.44. The summed E-state index contributed by atoms with van der Waals surface area (Å²) in [5.41, 5.74) is 2.59. The molecule has 1 heterocycles. The van der Waals surface area contributed by atoms with Crippen LogP contribution in [0.4, 0.5) is 4.79 Å². The topological polar surface area (TPSA) is 82.5 Å². The van der Waals surface area contributed by atoms with Crippen molar-refractivity contribution in [3.8, 4) is 0 Å². The minimum absolute atomic E-state index is 0.367. The Morgan fingerprint density at radius 3 is 2.76 bits per heavy atom. The van der Waals surface area contributed by atoms with Gasteiger partial charge in [0, 0.05) is 11.9 Å². The Bertz CT molecular complexity index is 419. The van der Waals surface area contributed by atoms with Crippen LogP contribution in [0.15, 0.2) is 5.51 Å². The molecule has 94 valence electrons. The molecule has 1 aromatic rings. The van der Waals surface area contributed by atoms with Gasteiger partial charge in [-0.15, -0.1) is 11.3 Å². The number of carboxylic acid groups (broad SMARTS) is 1. The molecule has 0 spiro atoms. The summed E-state index contributed by atoms with van der Waals surface area (Å²) in [5, 5.41) is 11.4. The zero-order valence-corrected chi connectivity index (χ0v) is 10.7. The van der Waals surface area contributed by atoms with E-state index in [1.54, 1.807) is 5.51 Å². The van der Waals surface area contributed by atoms with E-state index in [2.05, 4.69) is 10.3 Å². The molecule has 0 aliphatic rings. The number of thiazole rings is 1. The van der Waals surface area contributed by atoms with Gasteiger partial charge in [0.1, 0.15) is 6.04 Å². The number of rotatable bonds is 4. The summed E-state index contributed by atoms with van der Waals surface area (Å²) in [6, 6.07) is -1.26. The van der Waals surface area contributed by atoms with E-state index >= 15 is 0 Å². The number of amides is 2. The minimum atomic E-state index is -1.03. The molecular weight excluding hydrogens is 242 g/mol. The van der Waals surface area contributed by atoms with E-state index in [1.807, 2.05) is 6.92 Å². The summed E-state index contributed by atoms with van der Waals surface area (Å²) in [5.74, 6) is -1.03. The van der Waals surface area contributed by atoms with Crippen molar-refractivity contribution in [2.75, 3.05) is 7.05 Å². The van der Waals surface area contributed by atoms with E-state index in [1.165, 1.54) is 25.3 Å². The van der Waals surface area contributed by atoms with Gasteiger partial charge in [0.25, 0.3) is 0 Å². The van der Waals surface area contributed by atoms with Crippen molar-refractivity contribution in [1.29, 1.82) is 0 Å².